The van der Waals surface area contributed by atoms with Gasteiger partial charge in [0.05, 0.1) is 18.9 Å². The molecule has 0 aliphatic carbocycles. The van der Waals surface area contributed by atoms with Gasteiger partial charge in [-0.1, -0.05) is 0 Å². The Labute approximate surface area is 103 Å². The first-order chi connectivity index (χ1) is 8.58. The highest BCUT2D eigenvalue weighted by Gasteiger charge is 2.14. The third-order valence-corrected chi connectivity index (χ3v) is 2.20. The Kier molecular flexibility index (Phi) is 5.47. The van der Waals surface area contributed by atoms with E-state index in [0.717, 1.165) is 23.1 Å². The molecule has 3 N–H and O–H groups in total. The van der Waals surface area contributed by atoms with Crippen molar-refractivity contribution in [1.29, 1.82) is 0 Å². The lowest BCUT2D eigenvalue weighted by Crippen LogP contribution is -2.39. The number of aliphatic hydroxyl groups excluding tert-OH is 2. The Morgan fingerprint density at radius 2 is 1.83 bits per heavy atom. The number of nitrogens with zero attached hydrogens (tertiary/aromatic N) is 1. The molecule has 0 fully saturated rings. The summed E-state index contributed by atoms with van der Waals surface area (Å²) in [5, 5.41) is 19.6. The van der Waals surface area contributed by atoms with Gasteiger partial charge in [0.1, 0.15) is 11.6 Å². The topological polar surface area (TPSA) is 72.8 Å². The van der Waals surface area contributed by atoms with Crippen molar-refractivity contribution in [2.75, 3.05) is 31.6 Å². The van der Waals surface area contributed by atoms with Crippen molar-refractivity contribution in [1.82, 2.24) is 4.90 Å². The molecule has 100 valence electrons. The summed E-state index contributed by atoms with van der Waals surface area (Å²) < 4.78 is 26.1. The highest BCUT2D eigenvalue weighted by molar-refractivity contribution is 5.89. The van der Waals surface area contributed by atoms with Crippen LogP contribution in [0, 0.1) is 11.6 Å². The van der Waals surface area contributed by atoms with Gasteiger partial charge in [-0.25, -0.2) is 13.6 Å². The van der Waals surface area contributed by atoms with Crippen molar-refractivity contribution < 1.29 is 23.8 Å². The summed E-state index contributed by atoms with van der Waals surface area (Å²) in [5.74, 6) is -1.44. The summed E-state index contributed by atoms with van der Waals surface area (Å²) in [4.78, 5) is 12.7. The third-order valence-electron chi connectivity index (χ3n) is 2.20. The van der Waals surface area contributed by atoms with Gasteiger partial charge in [-0.05, 0) is 12.1 Å². The van der Waals surface area contributed by atoms with Crippen molar-refractivity contribution in [2.45, 2.75) is 0 Å². The molecule has 0 saturated carbocycles. The van der Waals surface area contributed by atoms with Gasteiger partial charge in [0.15, 0.2) is 0 Å². The molecular formula is C11H14F2N2O3. The molecular weight excluding hydrogens is 246 g/mol. The largest absolute Gasteiger partial charge is 0.395 e. The van der Waals surface area contributed by atoms with Crippen LogP contribution >= 0.6 is 0 Å². The summed E-state index contributed by atoms with van der Waals surface area (Å²) in [6, 6.07) is 1.96. The highest BCUT2D eigenvalue weighted by Crippen LogP contribution is 2.15. The number of carbonyl (C=O) groups is 1. The summed E-state index contributed by atoms with van der Waals surface area (Å²) in [6.07, 6.45) is 0. The van der Waals surface area contributed by atoms with Gasteiger partial charge in [0, 0.05) is 19.2 Å². The third kappa shape index (κ3) is 3.94. The minimum Gasteiger partial charge on any atom is -0.395 e. The zero-order valence-electron chi connectivity index (χ0n) is 9.57. The first kappa shape index (κ1) is 14.3. The molecule has 0 heterocycles. The zero-order chi connectivity index (χ0) is 13.5. The normalized spacial score (nSPS) is 10.2. The second-order valence-electron chi connectivity index (χ2n) is 3.49. The highest BCUT2D eigenvalue weighted by atomic mass is 19.1. The maximum atomic E-state index is 13.3. The second kappa shape index (κ2) is 6.87. The molecule has 1 aromatic rings. The van der Waals surface area contributed by atoms with Crippen LogP contribution in [0.1, 0.15) is 0 Å². The lowest BCUT2D eigenvalue weighted by atomic mass is 10.3. The van der Waals surface area contributed by atoms with Crippen LogP contribution in [0.2, 0.25) is 0 Å². The average Bonchev–Trinajstić information content (AvgIpc) is 2.33. The number of aliphatic hydroxyl groups is 2. The second-order valence-corrected chi connectivity index (χ2v) is 3.49. The Morgan fingerprint density at radius 1 is 1.22 bits per heavy atom. The van der Waals surface area contributed by atoms with Crippen LogP contribution in [0.4, 0.5) is 19.3 Å². The predicted molar refractivity (Wildman–Crippen MR) is 61.1 cm³/mol. The standard InChI is InChI=1S/C11H14F2N2O3/c12-8-1-2-9(13)10(7-8)14-11(18)15(3-5-16)4-6-17/h1-2,7,16-17H,3-6H2,(H,14,18). The molecule has 0 radical (unpaired) electrons. The van der Waals surface area contributed by atoms with Crippen LogP contribution in [0.25, 0.3) is 0 Å². The Bertz CT molecular complexity index is 409. The van der Waals surface area contributed by atoms with Gasteiger partial charge < -0.3 is 20.4 Å². The number of hydrogen-bond donors (Lipinski definition) is 3. The average molecular weight is 260 g/mol. The summed E-state index contributed by atoms with van der Waals surface area (Å²) in [7, 11) is 0. The molecule has 1 aromatic carbocycles. The monoisotopic (exact) mass is 260 g/mol. The van der Waals surface area contributed by atoms with Crippen molar-refractivity contribution in [2.24, 2.45) is 0 Å². The fourth-order valence-electron chi connectivity index (χ4n) is 1.34. The molecule has 7 heteroatoms. The molecule has 18 heavy (non-hydrogen) atoms. The van der Waals surface area contributed by atoms with Gasteiger partial charge in [0.2, 0.25) is 0 Å². The molecule has 0 unspecified atom stereocenters. The van der Waals surface area contributed by atoms with E-state index >= 15 is 0 Å². The molecule has 0 saturated heterocycles. The maximum absolute atomic E-state index is 13.3. The molecule has 5 nitrogen and oxygen atoms in total. The molecule has 0 atom stereocenters. The molecule has 0 aliphatic rings. The van der Waals surface area contributed by atoms with E-state index in [4.69, 9.17) is 10.2 Å². The smallest absolute Gasteiger partial charge is 0.322 e. The zero-order valence-corrected chi connectivity index (χ0v) is 9.57. The Morgan fingerprint density at radius 3 is 2.39 bits per heavy atom. The van der Waals surface area contributed by atoms with Crippen LogP contribution in [-0.4, -0.2) is 47.4 Å². The first-order valence-corrected chi connectivity index (χ1v) is 5.31. The van der Waals surface area contributed by atoms with Gasteiger partial charge in [-0.2, -0.15) is 0 Å². The minimum atomic E-state index is -0.766. The molecule has 1 rings (SSSR count). The van der Waals surface area contributed by atoms with Crippen LogP contribution in [-0.2, 0) is 0 Å². The number of rotatable bonds is 5. The number of nitrogens with one attached hydrogen (secondary N) is 1. The van der Waals surface area contributed by atoms with E-state index < -0.39 is 17.7 Å². The van der Waals surface area contributed by atoms with E-state index in [9.17, 15) is 13.6 Å². The van der Waals surface area contributed by atoms with Gasteiger partial charge in [0.25, 0.3) is 0 Å². The summed E-state index contributed by atoms with van der Waals surface area (Å²) in [6.45, 7) is -0.606. The lowest BCUT2D eigenvalue weighted by Gasteiger charge is -2.21. The number of urea groups is 1. The van der Waals surface area contributed by atoms with Gasteiger partial charge in [-0.15, -0.1) is 0 Å². The summed E-state index contributed by atoms with van der Waals surface area (Å²) >= 11 is 0. The molecule has 0 spiro atoms. The maximum Gasteiger partial charge on any atom is 0.322 e. The van der Waals surface area contributed by atoms with Gasteiger partial charge in [-0.3, -0.25) is 0 Å². The fourth-order valence-corrected chi connectivity index (χ4v) is 1.34. The SMILES string of the molecule is O=C(Nc1cc(F)ccc1F)N(CCO)CCO. The van der Waals surface area contributed by atoms with E-state index in [0.29, 0.717) is 0 Å². The quantitative estimate of drug-likeness (QED) is 0.732. The predicted octanol–water partition coefficient (Wildman–Crippen LogP) is 0.783. The Balaban J connectivity index is 2.75. The van der Waals surface area contributed by atoms with Crippen LogP contribution in [0.15, 0.2) is 18.2 Å². The number of amides is 2. The van der Waals surface area contributed by atoms with Crippen molar-refractivity contribution in [3.05, 3.63) is 29.8 Å². The van der Waals surface area contributed by atoms with Crippen LogP contribution in [0.5, 0.6) is 0 Å². The van der Waals surface area contributed by atoms with E-state index in [2.05, 4.69) is 5.32 Å². The molecule has 0 bridgehead atoms. The number of anilines is 1. The van der Waals surface area contributed by atoms with Gasteiger partial charge >= 0.3 is 6.03 Å². The first-order valence-electron chi connectivity index (χ1n) is 5.31. The van der Waals surface area contributed by atoms with Crippen LogP contribution < -0.4 is 5.32 Å². The minimum absolute atomic E-state index is 0.0106. The van der Waals surface area contributed by atoms with Crippen LogP contribution in [0.3, 0.4) is 0 Å². The molecule has 0 aromatic heterocycles. The van der Waals surface area contributed by atoms with E-state index in [1.807, 2.05) is 0 Å². The molecule has 2 amide bonds. The van der Waals surface area contributed by atoms with Crippen molar-refractivity contribution >= 4 is 11.7 Å². The summed E-state index contributed by atoms with van der Waals surface area (Å²) in [5.41, 5.74) is -0.291. The number of halogens is 2. The fraction of sp³-hybridized carbons (Fsp3) is 0.364. The van der Waals surface area contributed by atoms with Crippen molar-refractivity contribution in [3.63, 3.8) is 0 Å². The Hall–Kier alpha value is -1.73. The number of carbonyl (C=O) groups excluding carboxylic acids is 1. The van der Waals surface area contributed by atoms with E-state index in [1.165, 1.54) is 0 Å². The lowest BCUT2D eigenvalue weighted by molar-refractivity contribution is 0.167. The molecule has 0 aliphatic heterocycles. The number of hydrogen-bond acceptors (Lipinski definition) is 3. The van der Waals surface area contributed by atoms with E-state index in [-0.39, 0.29) is 32.0 Å². The number of benzene rings is 1. The van der Waals surface area contributed by atoms with Crippen molar-refractivity contribution in [3.8, 4) is 0 Å². The van der Waals surface area contributed by atoms with E-state index in [1.54, 1.807) is 0 Å².